The first-order valence-electron chi connectivity index (χ1n) is 5.85. The van der Waals surface area contributed by atoms with E-state index >= 15 is 0 Å². The van der Waals surface area contributed by atoms with Crippen LogP contribution >= 0.6 is 11.8 Å². The van der Waals surface area contributed by atoms with Crippen LogP contribution in [0.2, 0.25) is 0 Å². The number of thioether (sulfide) groups is 1. The molecule has 1 amide bonds. The smallest absolute Gasteiger partial charge is 0.221 e. The van der Waals surface area contributed by atoms with Crippen LogP contribution in [0.3, 0.4) is 0 Å². The topological polar surface area (TPSA) is 41.1 Å². The van der Waals surface area contributed by atoms with Crippen LogP contribution in [0.15, 0.2) is 35.2 Å². The number of carbonyl (C=O) groups excluding carboxylic acids is 1. The van der Waals surface area contributed by atoms with Crippen molar-refractivity contribution in [3.63, 3.8) is 0 Å². The molecule has 0 fully saturated rings. The second-order valence-electron chi connectivity index (χ2n) is 3.90. The SMILES string of the molecule is CNCCC(=O)NCC(C)Sc1ccccc1. The van der Waals surface area contributed by atoms with Gasteiger partial charge in [-0.3, -0.25) is 4.79 Å². The predicted molar refractivity (Wildman–Crippen MR) is 73.3 cm³/mol. The largest absolute Gasteiger partial charge is 0.355 e. The average Bonchev–Trinajstić information content (AvgIpc) is 2.35. The Hall–Kier alpha value is -1.00. The fourth-order valence-electron chi connectivity index (χ4n) is 1.36. The van der Waals surface area contributed by atoms with Crippen molar-refractivity contribution in [2.45, 2.75) is 23.5 Å². The molecule has 1 rings (SSSR count). The summed E-state index contributed by atoms with van der Waals surface area (Å²) in [4.78, 5) is 12.6. The highest BCUT2D eigenvalue weighted by molar-refractivity contribution is 8.00. The summed E-state index contributed by atoms with van der Waals surface area (Å²) in [6, 6.07) is 10.2. The van der Waals surface area contributed by atoms with Crippen LogP contribution in [0, 0.1) is 0 Å². The second kappa shape index (κ2) is 8.14. The molecule has 0 saturated heterocycles. The van der Waals surface area contributed by atoms with E-state index in [9.17, 15) is 4.79 Å². The Labute approximate surface area is 107 Å². The van der Waals surface area contributed by atoms with Crippen molar-refractivity contribution in [2.24, 2.45) is 0 Å². The second-order valence-corrected chi connectivity index (χ2v) is 5.41. The van der Waals surface area contributed by atoms with Gasteiger partial charge in [0.25, 0.3) is 0 Å². The summed E-state index contributed by atoms with van der Waals surface area (Å²) in [5.41, 5.74) is 0. The minimum absolute atomic E-state index is 0.111. The Morgan fingerprint density at radius 1 is 1.35 bits per heavy atom. The van der Waals surface area contributed by atoms with E-state index in [2.05, 4.69) is 29.7 Å². The van der Waals surface area contributed by atoms with E-state index < -0.39 is 0 Å². The van der Waals surface area contributed by atoms with Crippen LogP contribution in [-0.2, 0) is 4.79 Å². The maximum atomic E-state index is 11.4. The van der Waals surface area contributed by atoms with Crippen LogP contribution in [0.1, 0.15) is 13.3 Å². The summed E-state index contributed by atoms with van der Waals surface area (Å²) in [6.45, 7) is 3.56. The molecule has 1 aromatic rings. The van der Waals surface area contributed by atoms with Gasteiger partial charge < -0.3 is 10.6 Å². The third kappa shape index (κ3) is 6.34. The van der Waals surface area contributed by atoms with Crippen LogP contribution in [0.5, 0.6) is 0 Å². The molecule has 0 saturated carbocycles. The monoisotopic (exact) mass is 252 g/mol. The van der Waals surface area contributed by atoms with E-state index in [1.165, 1.54) is 4.90 Å². The summed E-state index contributed by atoms with van der Waals surface area (Å²) < 4.78 is 0. The van der Waals surface area contributed by atoms with Crippen LogP contribution < -0.4 is 10.6 Å². The number of amides is 1. The minimum Gasteiger partial charge on any atom is -0.355 e. The molecule has 0 aliphatic heterocycles. The van der Waals surface area contributed by atoms with E-state index in [-0.39, 0.29) is 5.91 Å². The first kappa shape index (κ1) is 14.1. The van der Waals surface area contributed by atoms with Crippen molar-refractivity contribution in [1.82, 2.24) is 10.6 Å². The van der Waals surface area contributed by atoms with Gasteiger partial charge in [0.15, 0.2) is 0 Å². The zero-order valence-corrected chi connectivity index (χ0v) is 11.2. The number of hydrogen-bond donors (Lipinski definition) is 2. The van der Waals surface area contributed by atoms with Crippen molar-refractivity contribution >= 4 is 17.7 Å². The van der Waals surface area contributed by atoms with E-state index in [1.54, 1.807) is 11.8 Å². The zero-order valence-electron chi connectivity index (χ0n) is 10.4. The molecular formula is C13H20N2OS. The lowest BCUT2D eigenvalue weighted by Gasteiger charge is -2.12. The fraction of sp³-hybridized carbons (Fsp3) is 0.462. The summed E-state index contributed by atoms with van der Waals surface area (Å²) in [6.07, 6.45) is 0.541. The van der Waals surface area contributed by atoms with Gasteiger partial charge in [-0.2, -0.15) is 0 Å². The van der Waals surface area contributed by atoms with Gasteiger partial charge in [-0.25, -0.2) is 0 Å². The molecule has 1 aromatic carbocycles. The molecule has 1 unspecified atom stereocenters. The maximum absolute atomic E-state index is 11.4. The summed E-state index contributed by atoms with van der Waals surface area (Å²) in [7, 11) is 1.85. The van der Waals surface area contributed by atoms with Crippen molar-refractivity contribution in [3.8, 4) is 0 Å². The third-order valence-electron chi connectivity index (χ3n) is 2.27. The molecule has 4 heteroatoms. The van der Waals surface area contributed by atoms with Crippen molar-refractivity contribution < 1.29 is 4.79 Å². The molecule has 1 atom stereocenters. The zero-order chi connectivity index (χ0) is 12.5. The van der Waals surface area contributed by atoms with Crippen molar-refractivity contribution in [1.29, 1.82) is 0 Å². The molecule has 3 nitrogen and oxygen atoms in total. The molecule has 2 N–H and O–H groups in total. The quantitative estimate of drug-likeness (QED) is 0.728. The highest BCUT2D eigenvalue weighted by Gasteiger charge is 2.06. The number of benzene rings is 1. The van der Waals surface area contributed by atoms with Gasteiger partial charge in [0.2, 0.25) is 5.91 Å². The lowest BCUT2D eigenvalue weighted by Crippen LogP contribution is -2.31. The summed E-state index contributed by atoms with van der Waals surface area (Å²) in [5.74, 6) is 0.111. The molecule has 0 spiro atoms. The Morgan fingerprint density at radius 2 is 2.06 bits per heavy atom. The molecule has 0 aromatic heterocycles. The van der Waals surface area contributed by atoms with E-state index in [4.69, 9.17) is 0 Å². The molecule has 94 valence electrons. The molecule has 0 bridgehead atoms. The first-order valence-corrected chi connectivity index (χ1v) is 6.73. The Balaban J connectivity index is 2.21. The molecule has 0 radical (unpaired) electrons. The molecule has 0 aliphatic rings. The molecule has 0 heterocycles. The third-order valence-corrected chi connectivity index (χ3v) is 3.38. The van der Waals surface area contributed by atoms with E-state index in [1.807, 2.05) is 25.2 Å². The normalized spacial score (nSPS) is 12.1. The number of hydrogen-bond acceptors (Lipinski definition) is 3. The molecule has 17 heavy (non-hydrogen) atoms. The van der Waals surface area contributed by atoms with E-state index in [0.29, 0.717) is 18.2 Å². The van der Waals surface area contributed by atoms with Gasteiger partial charge in [0, 0.05) is 29.7 Å². The van der Waals surface area contributed by atoms with Crippen LogP contribution in [-0.4, -0.2) is 31.3 Å². The van der Waals surface area contributed by atoms with Crippen LogP contribution in [0.25, 0.3) is 0 Å². The highest BCUT2D eigenvalue weighted by Crippen LogP contribution is 2.21. The summed E-state index contributed by atoms with van der Waals surface area (Å²) in [5, 5.41) is 6.28. The van der Waals surface area contributed by atoms with Gasteiger partial charge in [0.05, 0.1) is 0 Å². The van der Waals surface area contributed by atoms with Gasteiger partial charge in [-0.15, -0.1) is 11.8 Å². The van der Waals surface area contributed by atoms with Crippen LogP contribution in [0.4, 0.5) is 0 Å². The van der Waals surface area contributed by atoms with Gasteiger partial charge in [-0.1, -0.05) is 25.1 Å². The first-order chi connectivity index (χ1) is 8.22. The van der Waals surface area contributed by atoms with Gasteiger partial charge in [0.1, 0.15) is 0 Å². The Morgan fingerprint density at radius 3 is 2.71 bits per heavy atom. The number of carbonyl (C=O) groups is 1. The predicted octanol–water partition coefficient (Wildman–Crippen LogP) is 1.89. The van der Waals surface area contributed by atoms with E-state index in [0.717, 1.165) is 6.54 Å². The average molecular weight is 252 g/mol. The Bertz CT molecular complexity index is 329. The molecular weight excluding hydrogens is 232 g/mol. The van der Waals surface area contributed by atoms with Gasteiger partial charge in [-0.05, 0) is 19.2 Å². The number of nitrogens with one attached hydrogen (secondary N) is 2. The lowest BCUT2D eigenvalue weighted by atomic mass is 10.4. The molecule has 0 aliphatic carbocycles. The number of rotatable bonds is 7. The minimum atomic E-state index is 0.111. The van der Waals surface area contributed by atoms with Crippen molar-refractivity contribution in [3.05, 3.63) is 30.3 Å². The maximum Gasteiger partial charge on any atom is 0.221 e. The highest BCUT2D eigenvalue weighted by atomic mass is 32.2. The van der Waals surface area contributed by atoms with Crippen molar-refractivity contribution in [2.75, 3.05) is 20.1 Å². The lowest BCUT2D eigenvalue weighted by molar-refractivity contribution is -0.120. The standard InChI is InChI=1S/C13H20N2OS/c1-11(10-15-13(16)8-9-14-2)17-12-6-4-3-5-7-12/h3-7,11,14H,8-10H2,1-2H3,(H,15,16). The van der Waals surface area contributed by atoms with Gasteiger partial charge >= 0.3 is 0 Å². The fourth-order valence-corrected chi connectivity index (χ4v) is 2.30. The summed E-state index contributed by atoms with van der Waals surface area (Å²) >= 11 is 1.78. The Kier molecular flexibility index (Phi) is 6.74.